The van der Waals surface area contributed by atoms with Crippen molar-refractivity contribution in [3.05, 3.63) is 92.4 Å². The molecule has 2 amide bonds. The summed E-state index contributed by atoms with van der Waals surface area (Å²) in [5.41, 5.74) is 0.433. The largest absolute Gasteiger partial charge is 0.354 e. The SMILES string of the molecule is CCCNC(=O)[C@H](C)N(Cc1c(Cl)cccc1Cl)C(=O)CN(c1cc(Cl)ccc1Cl)S(=O)(=O)c1ccccc1. The zero-order valence-electron chi connectivity index (χ0n) is 21.2. The Morgan fingerprint density at radius 2 is 1.54 bits per heavy atom. The maximum absolute atomic E-state index is 13.9. The minimum absolute atomic E-state index is 0.0141. The standard InChI is InChI=1S/C27H27Cl4N3O4S/c1-3-14-32-27(36)18(2)33(16-21-22(29)10-7-11-23(21)30)26(35)17-34(25-15-19(28)12-13-24(25)31)39(37,38)20-8-5-4-6-9-20/h4-13,15,18H,3,14,16-17H2,1-2H3,(H,32,36)/t18-/m0/s1. The van der Waals surface area contributed by atoms with Crippen LogP contribution in [0.1, 0.15) is 25.8 Å². The smallest absolute Gasteiger partial charge is 0.264 e. The van der Waals surface area contributed by atoms with Crippen LogP contribution in [0.4, 0.5) is 5.69 Å². The summed E-state index contributed by atoms with van der Waals surface area (Å²) >= 11 is 25.3. The minimum Gasteiger partial charge on any atom is -0.354 e. The highest BCUT2D eigenvalue weighted by atomic mass is 35.5. The van der Waals surface area contributed by atoms with E-state index in [1.54, 1.807) is 43.3 Å². The molecule has 0 bridgehead atoms. The van der Waals surface area contributed by atoms with Gasteiger partial charge in [-0.3, -0.25) is 13.9 Å². The molecule has 3 aromatic carbocycles. The third-order valence-electron chi connectivity index (χ3n) is 5.89. The van der Waals surface area contributed by atoms with Crippen molar-refractivity contribution in [3.8, 4) is 0 Å². The molecule has 0 saturated carbocycles. The van der Waals surface area contributed by atoms with Gasteiger partial charge in [-0.15, -0.1) is 0 Å². The van der Waals surface area contributed by atoms with Crippen LogP contribution in [0.5, 0.6) is 0 Å². The Morgan fingerprint density at radius 1 is 0.897 bits per heavy atom. The monoisotopic (exact) mass is 629 g/mol. The average Bonchev–Trinajstić information content (AvgIpc) is 2.91. The molecule has 0 aliphatic heterocycles. The molecule has 0 aromatic heterocycles. The highest BCUT2D eigenvalue weighted by molar-refractivity contribution is 7.92. The van der Waals surface area contributed by atoms with Crippen LogP contribution in [0, 0.1) is 0 Å². The topological polar surface area (TPSA) is 86.8 Å². The fraction of sp³-hybridized carbons (Fsp3) is 0.259. The van der Waals surface area contributed by atoms with Crippen LogP contribution in [-0.2, 0) is 26.2 Å². The lowest BCUT2D eigenvalue weighted by atomic mass is 10.1. The molecule has 39 heavy (non-hydrogen) atoms. The zero-order chi connectivity index (χ0) is 28.7. The summed E-state index contributed by atoms with van der Waals surface area (Å²) < 4.78 is 28.5. The van der Waals surface area contributed by atoms with E-state index in [0.29, 0.717) is 28.6 Å². The van der Waals surface area contributed by atoms with E-state index < -0.39 is 34.4 Å². The van der Waals surface area contributed by atoms with Gasteiger partial charge in [-0.1, -0.05) is 77.6 Å². The number of benzene rings is 3. The van der Waals surface area contributed by atoms with E-state index in [1.165, 1.54) is 35.2 Å². The van der Waals surface area contributed by atoms with E-state index in [9.17, 15) is 18.0 Å². The van der Waals surface area contributed by atoms with Gasteiger partial charge in [0.1, 0.15) is 12.6 Å². The van der Waals surface area contributed by atoms with Gasteiger partial charge in [0, 0.05) is 33.7 Å². The Kier molecular flexibility index (Phi) is 10.9. The van der Waals surface area contributed by atoms with Crippen molar-refractivity contribution in [2.24, 2.45) is 0 Å². The highest BCUT2D eigenvalue weighted by Crippen LogP contribution is 2.33. The van der Waals surface area contributed by atoms with E-state index in [-0.39, 0.29) is 27.2 Å². The van der Waals surface area contributed by atoms with Crippen LogP contribution in [0.25, 0.3) is 0 Å². The number of amides is 2. The molecular formula is C27H27Cl4N3O4S. The van der Waals surface area contributed by atoms with Gasteiger partial charge in [0.05, 0.1) is 15.6 Å². The summed E-state index contributed by atoms with van der Waals surface area (Å²) in [4.78, 5) is 28.1. The number of carbonyl (C=O) groups is 2. The Hall–Kier alpha value is -2.49. The molecule has 0 radical (unpaired) electrons. The molecule has 12 heteroatoms. The molecule has 0 unspecified atom stereocenters. The lowest BCUT2D eigenvalue weighted by Gasteiger charge is -2.32. The van der Waals surface area contributed by atoms with Crippen LogP contribution < -0.4 is 9.62 Å². The molecule has 7 nitrogen and oxygen atoms in total. The van der Waals surface area contributed by atoms with Crippen molar-refractivity contribution >= 4 is 73.9 Å². The third-order valence-corrected chi connectivity index (χ3v) is 8.93. The number of nitrogens with zero attached hydrogens (tertiary/aromatic N) is 2. The van der Waals surface area contributed by atoms with Crippen molar-refractivity contribution in [2.45, 2.75) is 37.8 Å². The summed E-state index contributed by atoms with van der Waals surface area (Å²) in [6, 6.07) is 15.9. The molecule has 0 fully saturated rings. The normalized spacial score (nSPS) is 12.1. The van der Waals surface area contributed by atoms with Gasteiger partial charge >= 0.3 is 0 Å². The van der Waals surface area contributed by atoms with Crippen LogP contribution in [0.3, 0.4) is 0 Å². The molecule has 3 aromatic rings. The van der Waals surface area contributed by atoms with E-state index in [2.05, 4.69) is 5.32 Å². The summed E-state index contributed by atoms with van der Waals surface area (Å²) in [6.45, 7) is 3.05. The first kappa shape index (κ1) is 31.0. The van der Waals surface area contributed by atoms with E-state index in [0.717, 1.165) is 4.31 Å². The van der Waals surface area contributed by atoms with Crippen LogP contribution in [-0.4, -0.2) is 44.3 Å². The van der Waals surface area contributed by atoms with Gasteiger partial charge in [0.25, 0.3) is 10.0 Å². The summed E-state index contributed by atoms with van der Waals surface area (Å²) in [5.74, 6) is -1.09. The van der Waals surface area contributed by atoms with Crippen LogP contribution in [0.2, 0.25) is 20.1 Å². The second-order valence-electron chi connectivity index (χ2n) is 8.61. The lowest BCUT2D eigenvalue weighted by molar-refractivity contribution is -0.139. The van der Waals surface area contributed by atoms with Crippen LogP contribution >= 0.6 is 46.4 Å². The molecule has 0 aliphatic carbocycles. The van der Waals surface area contributed by atoms with Gasteiger partial charge in [-0.05, 0) is 55.8 Å². The predicted octanol–water partition coefficient (Wildman–Crippen LogP) is 6.44. The molecule has 1 N–H and O–H groups in total. The van der Waals surface area contributed by atoms with E-state index >= 15 is 0 Å². The van der Waals surface area contributed by atoms with Gasteiger partial charge in [0.2, 0.25) is 11.8 Å². The molecule has 0 spiro atoms. The van der Waals surface area contributed by atoms with E-state index in [1.807, 2.05) is 6.92 Å². The maximum Gasteiger partial charge on any atom is 0.264 e. The second-order valence-corrected chi connectivity index (χ2v) is 12.1. The molecule has 0 heterocycles. The Morgan fingerprint density at radius 3 is 2.15 bits per heavy atom. The highest BCUT2D eigenvalue weighted by Gasteiger charge is 2.34. The van der Waals surface area contributed by atoms with Crippen molar-refractivity contribution in [2.75, 3.05) is 17.4 Å². The molecule has 1 atom stereocenters. The number of halogens is 4. The number of anilines is 1. The maximum atomic E-state index is 13.9. The quantitative estimate of drug-likeness (QED) is 0.264. The first-order valence-corrected chi connectivity index (χ1v) is 15.0. The second kappa shape index (κ2) is 13.7. The fourth-order valence-corrected chi connectivity index (χ4v) is 6.14. The molecule has 3 rings (SSSR count). The summed E-state index contributed by atoms with van der Waals surface area (Å²) in [6.07, 6.45) is 0.694. The average molecular weight is 631 g/mol. The van der Waals surface area contributed by atoms with Gasteiger partial charge in [0.15, 0.2) is 0 Å². The summed E-state index contributed by atoms with van der Waals surface area (Å²) in [7, 11) is -4.28. The van der Waals surface area contributed by atoms with E-state index in [4.69, 9.17) is 46.4 Å². The van der Waals surface area contributed by atoms with Crippen molar-refractivity contribution < 1.29 is 18.0 Å². The number of nitrogens with one attached hydrogen (secondary N) is 1. The fourth-order valence-electron chi connectivity index (χ4n) is 3.74. The molecular weight excluding hydrogens is 604 g/mol. The number of hydrogen-bond donors (Lipinski definition) is 1. The molecule has 0 aliphatic rings. The van der Waals surface area contributed by atoms with Crippen molar-refractivity contribution in [1.82, 2.24) is 10.2 Å². The van der Waals surface area contributed by atoms with Gasteiger partial charge < -0.3 is 10.2 Å². The lowest BCUT2D eigenvalue weighted by Crippen LogP contribution is -2.51. The minimum atomic E-state index is -4.28. The Labute approximate surface area is 248 Å². The molecule has 208 valence electrons. The predicted molar refractivity (Wildman–Crippen MR) is 157 cm³/mol. The Balaban J connectivity index is 2.09. The van der Waals surface area contributed by atoms with Gasteiger partial charge in [-0.2, -0.15) is 0 Å². The summed E-state index contributed by atoms with van der Waals surface area (Å²) in [5, 5.41) is 3.66. The zero-order valence-corrected chi connectivity index (χ0v) is 25.0. The number of rotatable bonds is 11. The number of hydrogen-bond acceptors (Lipinski definition) is 4. The number of sulfonamides is 1. The van der Waals surface area contributed by atoms with Gasteiger partial charge in [-0.25, -0.2) is 8.42 Å². The van der Waals surface area contributed by atoms with Crippen molar-refractivity contribution in [3.63, 3.8) is 0 Å². The first-order chi connectivity index (χ1) is 18.5. The number of carbonyl (C=O) groups excluding carboxylic acids is 2. The Bertz CT molecular complexity index is 1420. The van der Waals surface area contributed by atoms with Crippen LogP contribution in [0.15, 0.2) is 71.6 Å². The van der Waals surface area contributed by atoms with Crippen molar-refractivity contribution in [1.29, 1.82) is 0 Å². The third kappa shape index (κ3) is 7.58. The first-order valence-electron chi connectivity index (χ1n) is 12.0. The molecule has 0 saturated heterocycles.